The molecule has 2 amide bonds. The fourth-order valence-corrected chi connectivity index (χ4v) is 3.96. The minimum atomic E-state index is -0.636. The molecule has 5 nitrogen and oxygen atoms in total. The van der Waals surface area contributed by atoms with E-state index in [0.717, 1.165) is 24.6 Å². The number of rotatable bonds is 3. The van der Waals surface area contributed by atoms with Crippen LogP contribution in [0.25, 0.3) is 22.2 Å². The summed E-state index contributed by atoms with van der Waals surface area (Å²) in [6.07, 6.45) is 1.59. The first-order valence-corrected chi connectivity index (χ1v) is 10.1. The van der Waals surface area contributed by atoms with Crippen molar-refractivity contribution in [3.63, 3.8) is 0 Å². The molecule has 7 heteroatoms. The van der Waals surface area contributed by atoms with Gasteiger partial charge in [0.2, 0.25) is 5.89 Å². The molecule has 0 bridgehead atoms. The number of aromatic nitrogens is 1. The average Bonchev–Trinajstić information content (AvgIpc) is 3.41. The van der Waals surface area contributed by atoms with Crippen LogP contribution >= 0.6 is 0 Å². The Balaban J connectivity index is 1.42. The smallest absolute Gasteiger partial charge is 0.322 e. The lowest BCUT2D eigenvalue weighted by Crippen LogP contribution is -2.34. The van der Waals surface area contributed by atoms with Crippen molar-refractivity contribution in [1.82, 2.24) is 9.88 Å². The van der Waals surface area contributed by atoms with Crippen LogP contribution in [0.5, 0.6) is 0 Å². The second kappa shape index (κ2) is 7.83. The highest BCUT2D eigenvalue weighted by Crippen LogP contribution is 2.35. The van der Waals surface area contributed by atoms with E-state index in [1.165, 1.54) is 12.1 Å². The van der Waals surface area contributed by atoms with E-state index in [1.807, 2.05) is 30.3 Å². The van der Waals surface area contributed by atoms with Crippen molar-refractivity contribution >= 4 is 22.8 Å². The summed E-state index contributed by atoms with van der Waals surface area (Å²) in [5.74, 6) is -0.809. The van der Waals surface area contributed by atoms with Crippen LogP contribution in [0.15, 0.2) is 71.1 Å². The number of likely N-dealkylation sites (tertiary alicyclic amines) is 1. The van der Waals surface area contributed by atoms with Crippen LogP contribution in [0.3, 0.4) is 0 Å². The van der Waals surface area contributed by atoms with Crippen LogP contribution in [0.1, 0.15) is 24.8 Å². The molecule has 31 heavy (non-hydrogen) atoms. The molecule has 0 radical (unpaired) electrons. The number of benzene rings is 3. The van der Waals surface area contributed by atoms with E-state index < -0.39 is 11.6 Å². The number of fused-ring (bicyclic) bond motifs is 1. The second-order valence-electron chi connectivity index (χ2n) is 7.51. The Bertz CT molecular complexity index is 1260. The molecule has 156 valence electrons. The van der Waals surface area contributed by atoms with E-state index in [1.54, 1.807) is 23.1 Å². The second-order valence-corrected chi connectivity index (χ2v) is 7.51. The third-order valence-corrected chi connectivity index (χ3v) is 5.47. The van der Waals surface area contributed by atoms with Crippen LogP contribution in [0.4, 0.5) is 19.3 Å². The van der Waals surface area contributed by atoms with Crippen molar-refractivity contribution in [2.75, 3.05) is 11.9 Å². The molecule has 1 aliphatic heterocycles. The van der Waals surface area contributed by atoms with E-state index in [-0.39, 0.29) is 17.6 Å². The van der Waals surface area contributed by atoms with Gasteiger partial charge in [0.05, 0.1) is 0 Å². The van der Waals surface area contributed by atoms with E-state index in [2.05, 4.69) is 10.3 Å². The summed E-state index contributed by atoms with van der Waals surface area (Å²) in [7, 11) is 0. The lowest BCUT2D eigenvalue weighted by molar-refractivity contribution is 0.199. The first-order valence-electron chi connectivity index (χ1n) is 10.1. The number of urea groups is 1. The number of oxazole rings is 1. The Morgan fingerprint density at radius 2 is 1.90 bits per heavy atom. The van der Waals surface area contributed by atoms with Crippen LogP contribution in [-0.2, 0) is 0 Å². The molecular formula is C24H19F2N3O2. The van der Waals surface area contributed by atoms with Gasteiger partial charge < -0.3 is 14.6 Å². The molecule has 1 aromatic heterocycles. The van der Waals surface area contributed by atoms with Crippen molar-refractivity contribution in [2.45, 2.75) is 18.9 Å². The number of para-hydroxylation sites is 1. The van der Waals surface area contributed by atoms with Crippen LogP contribution in [0, 0.1) is 11.6 Å². The molecule has 3 aromatic carbocycles. The average molecular weight is 419 g/mol. The fraction of sp³-hybridized carbons (Fsp3) is 0.167. The van der Waals surface area contributed by atoms with Gasteiger partial charge >= 0.3 is 6.03 Å². The Hall–Kier alpha value is -3.74. The number of hydrogen-bond acceptors (Lipinski definition) is 3. The van der Waals surface area contributed by atoms with Crippen LogP contribution in [-0.4, -0.2) is 22.5 Å². The highest BCUT2D eigenvalue weighted by atomic mass is 19.1. The van der Waals surface area contributed by atoms with Gasteiger partial charge in [-0.25, -0.2) is 18.6 Å². The van der Waals surface area contributed by atoms with Gasteiger partial charge in [-0.3, -0.25) is 0 Å². The lowest BCUT2D eigenvalue weighted by Gasteiger charge is -2.22. The Kier molecular flexibility index (Phi) is 4.86. The maximum atomic E-state index is 14.2. The zero-order valence-electron chi connectivity index (χ0n) is 16.5. The summed E-state index contributed by atoms with van der Waals surface area (Å²) in [4.78, 5) is 19.1. The summed E-state index contributed by atoms with van der Waals surface area (Å²) in [5, 5.41) is 2.90. The monoisotopic (exact) mass is 419 g/mol. The van der Waals surface area contributed by atoms with Crippen molar-refractivity contribution in [1.29, 1.82) is 0 Å². The highest BCUT2D eigenvalue weighted by molar-refractivity contribution is 5.89. The minimum Gasteiger partial charge on any atom is -0.438 e. The van der Waals surface area contributed by atoms with Gasteiger partial charge in [-0.15, -0.1) is 0 Å². The van der Waals surface area contributed by atoms with Gasteiger partial charge in [0.1, 0.15) is 23.2 Å². The maximum absolute atomic E-state index is 14.2. The molecule has 0 saturated carbocycles. The molecule has 0 aliphatic carbocycles. The van der Waals surface area contributed by atoms with Gasteiger partial charge in [-0.1, -0.05) is 24.3 Å². The Morgan fingerprint density at radius 1 is 1.06 bits per heavy atom. The molecule has 2 heterocycles. The van der Waals surface area contributed by atoms with Crippen molar-refractivity contribution in [3.05, 3.63) is 84.3 Å². The van der Waals surface area contributed by atoms with Crippen molar-refractivity contribution < 1.29 is 18.0 Å². The van der Waals surface area contributed by atoms with E-state index in [4.69, 9.17) is 4.42 Å². The Morgan fingerprint density at radius 3 is 2.71 bits per heavy atom. The zero-order chi connectivity index (χ0) is 21.4. The summed E-state index contributed by atoms with van der Waals surface area (Å²) in [6.45, 7) is 0.605. The number of carbonyl (C=O) groups is 1. The normalized spacial score (nSPS) is 16.1. The standard InChI is InChI=1S/C24H19F2N3O2/c25-16-9-10-18(19(26)14-16)15-8-11-22-20(13-15)28-23(31-22)21-7-4-12-29(21)24(30)27-17-5-2-1-3-6-17/h1-3,5-6,8-11,13-14,21H,4,7,12H2,(H,27,30)/t21-/m0/s1. The third kappa shape index (κ3) is 3.74. The topological polar surface area (TPSA) is 58.4 Å². The molecule has 0 spiro atoms. The highest BCUT2D eigenvalue weighted by Gasteiger charge is 2.33. The first kappa shape index (κ1) is 19.2. The number of nitrogens with one attached hydrogen (secondary N) is 1. The number of nitrogens with zero attached hydrogens (tertiary/aromatic N) is 2. The summed E-state index contributed by atoms with van der Waals surface area (Å²) in [6, 6.07) is 17.4. The number of carbonyl (C=O) groups excluding carboxylic acids is 1. The molecule has 1 fully saturated rings. The molecule has 1 aliphatic rings. The zero-order valence-corrected chi connectivity index (χ0v) is 16.5. The SMILES string of the molecule is O=C(Nc1ccccc1)N1CCC[C@H]1c1nc2cc(-c3ccc(F)cc3F)ccc2o1. The van der Waals surface area contributed by atoms with Crippen LogP contribution < -0.4 is 5.32 Å². The van der Waals surface area contributed by atoms with E-state index >= 15 is 0 Å². The molecule has 5 rings (SSSR count). The predicted octanol–water partition coefficient (Wildman–Crippen LogP) is 6.14. The molecule has 0 unspecified atom stereocenters. The van der Waals surface area contributed by atoms with E-state index in [9.17, 15) is 13.6 Å². The molecular weight excluding hydrogens is 400 g/mol. The fourth-order valence-electron chi connectivity index (χ4n) is 3.96. The molecule has 1 N–H and O–H groups in total. The summed E-state index contributed by atoms with van der Waals surface area (Å²) < 4.78 is 33.3. The minimum absolute atomic E-state index is 0.204. The number of anilines is 1. The maximum Gasteiger partial charge on any atom is 0.322 e. The summed E-state index contributed by atoms with van der Waals surface area (Å²) >= 11 is 0. The van der Waals surface area contributed by atoms with Gasteiger partial charge in [0, 0.05) is 23.9 Å². The van der Waals surface area contributed by atoms with Crippen molar-refractivity contribution in [2.24, 2.45) is 0 Å². The number of halogens is 2. The molecule has 1 atom stereocenters. The number of hydrogen-bond donors (Lipinski definition) is 1. The van der Waals surface area contributed by atoms with Crippen molar-refractivity contribution in [3.8, 4) is 11.1 Å². The quantitative estimate of drug-likeness (QED) is 0.434. The Labute approximate surface area is 177 Å². The first-order chi connectivity index (χ1) is 15.1. The third-order valence-electron chi connectivity index (χ3n) is 5.47. The molecule has 4 aromatic rings. The van der Waals surface area contributed by atoms with Gasteiger partial charge in [0.15, 0.2) is 5.58 Å². The summed E-state index contributed by atoms with van der Waals surface area (Å²) in [5.41, 5.74) is 2.71. The van der Waals surface area contributed by atoms with Gasteiger partial charge in [-0.2, -0.15) is 0 Å². The van der Waals surface area contributed by atoms with Gasteiger partial charge in [-0.05, 0) is 54.8 Å². The molecule has 1 saturated heterocycles. The largest absolute Gasteiger partial charge is 0.438 e. The van der Waals surface area contributed by atoms with Crippen LogP contribution in [0.2, 0.25) is 0 Å². The predicted molar refractivity (Wildman–Crippen MR) is 114 cm³/mol. The van der Waals surface area contributed by atoms with E-state index in [0.29, 0.717) is 29.1 Å². The van der Waals surface area contributed by atoms with Gasteiger partial charge in [0.25, 0.3) is 0 Å². The lowest BCUT2D eigenvalue weighted by atomic mass is 10.0. The number of amides is 2.